The van der Waals surface area contributed by atoms with Gasteiger partial charge in [-0.1, -0.05) is 27.5 Å². The zero-order valence-electron chi connectivity index (χ0n) is 15.1. The van der Waals surface area contributed by atoms with E-state index < -0.39 is 0 Å². The van der Waals surface area contributed by atoms with E-state index in [0.717, 1.165) is 15.7 Å². The van der Waals surface area contributed by atoms with E-state index in [4.69, 9.17) is 20.8 Å². The molecule has 2 aromatic heterocycles. The molecule has 2 heterocycles. The zero-order chi connectivity index (χ0) is 19.6. The van der Waals surface area contributed by atoms with E-state index in [9.17, 15) is 4.79 Å². The van der Waals surface area contributed by atoms with Crippen LogP contribution in [0.5, 0.6) is 5.75 Å². The van der Waals surface area contributed by atoms with Crippen molar-refractivity contribution in [1.82, 2.24) is 15.1 Å². The summed E-state index contributed by atoms with van der Waals surface area (Å²) in [5, 5.41) is 7.61. The second-order valence-electron chi connectivity index (χ2n) is 6.13. The average Bonchev–Trinajstić information content (AvgIpc) is 3.22. The first-order valence-corrected chi connectivity index (χ1v) is 9.48. The number of amides is 1. The number of halogens is 2. The summed E-state index contributed by atoms with van der Waals surface area (Å²) in [6.45, 7) is 4.04. The molecule has 1 amide bonds. The Morgan fingerprint density at radius 1 is 1.41 bits per heavy atom. The van der Waals surface area contributed by atoms with Gasteiger partial charge in [0.1, 0.15) is 18.1 Å². The maximum atomic E-state index is 12.4. The predicted molar refractivity (Wildman–Crippen MR) is 106 cm³/mol. The third kappa shape index (κ3) is 4.54. The van der Waals surface area contributed by atoms with Gasteiger partial charge < -0.3 is 14.5 Å². The first kappa shape index (κ1) is 19.5. The molecule has 142 valence electrons. The minimum atomic E-state index is -0.293. The van der Waals surface area contributed by atoms with Crippen molar-refractivity contribution in [2.45, 2.75) is 26.5 Å². The Hall–Kier alpha value is -2.25. The second-order valence-corrected chi connectivity index (χ2v) is 7.46. The summed E-state index contributed by atoms with van der Waals surface area (Å²) in [6.07, 6.45) is 1.75. The number of furan rings is 1. The van der Waals surface area contributed by atoms with Crippen molar-refractivity contribution in [3.05, 3.63) is 68.8 Å². The van der Waals surface area contributed by atoms with Crippen molar-refractivity contribution in [2.24, 2.45) is 7.05 Å². The number of hydrogen-bond donors (Lipinski definition) is 1. The maximum Gasteiger partial charge on any atom is 0.287 e. The van der Waals surface area contributed by atoms with Gasteiger partial charge in [0.05, 0.1) is 17.3 Å². The number of nitrogens with one attached hydrogen (secondary N) is 1. The van der Waals surface area contributed by atoms with Gasteiger partial charge in [-0.2, -0.15) is 5.10 Å². The van der Waals surface area contributed by atoms with Crippen molar-refractivity contribution in [3.63, 3.8) is 0 Å². The molecule has 0 fully saturated rings. The fourth-order valence-corrected chi connectivity index (χ4v) is 3.33. The van der Waals surface area contributed by atoms with Gasteiger partial charge in [-0.25, -0.2) is 0 Å². The Balaban J connectivity index is 1.61. The largest absolute Gasteiger partial charge is 0.484 e. The Labute approximate surface area is 170 Å². The topological polar surface area (TPSA) is 69.3 Å². The number of ether oxygens (including phenoxy) is 1. The van der Waals surface area contributed by atoms with E-state index in [0.29, 0.717) is 16.5 Å². The Morgan fingerprint density at radius 3 is 2.85 bits per heavy atom. The van der Waals surface area contributed by atoms with Gasteiger partial charge in [0.2, 0.25) is 0 Å². The summed E-state index contributed by atoms with van der Waals surface area (Å²) in [5.74, 6) is 1.01. The molecular weight excluding hydrogens is 434 g/mol. The summed E-state index contributed by atoms with van der Waals surface area (Å²) in [7, 11) is 1.86. The highest BCUT2D eigenvalue weighted by Crippen LogP contribution is 2.28. The van der Waals surface area contributed by atoms with Crippen molar-refractivity contribution in [3.8, 4) is 5.75 Å². The minimum absolute atomic E-state index is 0.173. The smallest absolute Gasteiger partial charge is 0.287 e. The number of carbonyl (C=O) groups excluding carboxylic acids is 1. The van der Waals surface area contributed by atoms with E-state index in [1.807, 2.05) is 27.0 Å². The van der Waals surface area contributed by atoms with Gasteiger partial charge in [0.25, 0.3) is 5.91 Å². The van der Waals surface area contributed by atoms with Crippen LogP contribution < -0.4 is 10.1 Å². The van der Waals surface area contributed by atoms with E-state index in [-0.39, 0.29) is 24.3 Å². The van der Waals surface area contributed by atoms with Crippen LogP contribution in [0.1, 0.15) is 40.5 Å². The van der Waals surface area contributed by atoms with E-state index in [1.54, 1.807) is 35.1 Å². The molecule has 0 saturated heterocycles. The lowest BCUT2D eigenvalue weighted by atomic mass is 10.1. The van der Waals surface area contributed by atoms with Crippen LogP contribution in [-0.2, 0) is 13.7 Å². The van der Waals surface area contributed by atoms with Gasteiger partial charge in [-0.15, -0.1) is 0 Å². The molecule has 0 radical (unpaired) electrons. The number of nitrogens with zero attached hydrogens (tertiary/aromatic N) is 2. The summed E-state index contributed by atoms with van der Waals surface area (Å²) in [4.78, 5) is 12.4. The van der Waals surface area contributed by atoms with Crippen LogP contribution in [0.25, 0.3) is 0 Å². The first-order valence-electron chi connectivity index (χ1n) is 8.31. The molecule has 0 aliphatic rings. The van der Waals surface area contributed by atoms with Gasteiger partial charge in [0.15, 0.2) is 5.76 Å². The Bertz CT molecular complexity index is 967. The summed E-state index contributed by atoms with van der Waals surface area (Å²) < 4.78 is 13.9. The number of aryl methyl sites for hydroxylation is 1. The van der Waals surface area contributed by atoms with Crippen LogP contribution in [0.2, 0.25) is 5.02 Å². The summed E-state index contributed by atoms with van der Waals surface area (Å²) >= 11 is 9.47. The van der Waals surface area contributed by atoms with Gasteiger partial charge in [0, 0.05) is 22.8 Å². The fourth-order valence-electron chi connectivity index (χ4n) is 2.60. The molecule has 1 atom stereocenters. The molecule has 1 aromatic carbocycles. The minimum Gasteiger partial charge on any atom is -0.484 e. The SMILES string of the molecule is Cc1c(C(C)NC(=O)c2ccc(COc3ccc(Br)cc3Cl)o2)cnn1C. The summed E-state index contributed by atoms with van der Waals surface area (Å²) in [6, 6.07) is 8.50. The standard InChI is InChI=1S/C19H19BrClN3O3/c1-11(15-9-22-24(3)12(15)2)23-19(25)18-7-5-14(27-18)10-26-17-6-4-13(20)8-16(17)21/h4-9,11H,10H2,1-3H3,(H,23,25). The molecule has 0 aliphatic carbocycles. The Kier molecular flexibility index (Phi) is 5.92. The molecule has 1 N–H and O–H groups in total. The molecule has 0 spiro atoms. The predicted octanol–water partition coefficient (Wildman–Crippen LogP) is 4.81. The average molecular weight is 453 g/mol. The lowest BCUT2D eigenvalue weighted by molar-refractivity contribution is 0.0907. The number of benzene rings is 1. The third-order valence-electron chi connectivity index (χ3n) is 4.24. The zero-order valence-corrected chi connectivity index (χ0v) is 17.5. The Morgan fingerprint density at radius 2 is 2.19 bits per heavy atom. The third-order valence-corrected chi connectivity index (χ3v) is 5.03. The van der Waals surface area contributed by atoms with Gasteiger partial charge in [-0.3, -0.25) is 9.48 Å². The van der Waals surface area contributed by atoms with Crippen molar-refractivity contribution in [1.29, 1.82) is 0 Å². The number of rotatable bonds is 6. The second kappa shape index (κ2) is 8.19. The molecule has 3 aromatic rings. The highest BCUT2D eigenvalue weighted by atomic mass is 79.9. The number of aromatic nitrogens is 2. The highest BCUT2D eigenvalue weighted by Gasteiger charge is 2.18. The van der Waals surface area contributed by atoms with Gasteiger partial charge >= 0.3 is 0 Å². The lowest BCUT2D eigenvalue weighted by Crippen LogP contribution is -2.26. The monoisotopic (exact) mass is 451 g/mol. The van der Waals surface area contributed by atoms with Crippen LogP contribution in [-0.4, -0.2) is 15.7 Å². The van der Waals surface area contributed by atoms with Crippen LogP contribution in [0.15, 0.2) is 45.4 Å². The highest BCUT2D eigenvalue weighted by molar-refractivity contribution is 9.10. The molecule has 0 bridgehead atoms. The van der Waals surface area contributed by atoms with Crippen LogP contribution in [0.4, 0.5) is 0 Å². The van der Waals surface area contributed by atoms with E-state index >= 15 is 0 Å². The molecule has 8 heteroatoms. The summed E-state index contributed by atoms with van der Waals surface area (Å²) in [5.41, 5.74) is 1.97. The fraction of sp³-hybridized carbons (Fsp3) is 0.263. The molecule has 27 heavy (non-hydrogen) atoms. The number of hydrogen-bond acceptors (Lipinski definition) is 4. The van der Waals surface area contributed by atoms with Crippen molar-refractivity contribution in [2.75, 3.05) is 0 Å². The molecule has 0 saturated carbocycles. The van der Waals surface area contributed by atoms with E-state index in [1.165, 1.54) is 0 Å². The van der Waals surface area contributed by atoms with Crippen LogP contribution >= 0.6 is 27.5 Å². The normalized spacial score (nSPS) is 12.0. The van der Waals surface area contributed by atoms with E-state index in [2.05, 4.69) is 26.3 Å². The number of carbonyl (C=O) groups is 1. The molecule has 0 aliphatic heterocycles. The molecule has 6 nitrogen and oxygen atoms in total. The molecule has 3 rings (SSSR count). The van der Waals surface area contributed by atoms with Crippen LogP contribution in [0.3, 0.4) is 0 Å². The van der Waals surface area contributed by atoms with Crippen molar-refractivity contribution < 1.29 is 13.9 Å². The van der Waals surface area contributed by atoms with Crippen molar-refractivity contribution >= 4 is 33.4 Å². The molecular formula is C19H19BrClN3O3. The van der Waals surface area contributed by atoms with Crippen LogP contribution in [0, 0.1) is 6.92 Å². The maximum absolute atomic E-state index is 12.4. The quantitative estimate of drug-likeness (QED) is 0.583. The molecule has 1 unspecified atom stereocenters. The lowest BCUT2D eigenvalue weighted by Gasteiger charge is -2.12. The first-order chi connectivity index (χ1) is 12.8. The van der Waals surface area contributed by atoms with Gasteiger partial charge in [-0.05, 0) is 44.2 Å².